The first-order valence-electron chi connectivity index (χ1n) is 3.25. The molecule has 0 fully saturated rings. The van der Waals surface area contributed by atoms with Crippen LogP contribution < -0.4 is 5.73 Å². The maximum Gasteiger partial charge on any atom is 0.0964 e. The van der Waals surface area contributed by atoms with Crippen molar-refractivity contribution in [2.24, 2.45) is 10.7 Å². The molecule has 0 aliphatic heterocycles. The molecular formula is C8H9IN2. The van der Waals surface area contributed by atoms with Crippen molar-refractivity contribution in [3.8, 4) is 0 Å². The van der Waals surface area contributed by atoms with E-state index in [1.165, 1.54) is 3.57 Å². The van der Waals surface area contributed by atoms with Gasteiger partial charge in [0.1, 0.15) is 0 Å². The van der Waals surface area contributed by atoms with Crippen LogP contribution >= 0.6 is 22.6 Å². The first kappa shape index (κ1) is 8.52. The monoisotopic (exact) mass is 260 g/mol. The zero-order chi connectivity index (χ0) is 8.27. The number of rotatable bonds is 1. The molecule has 3 heteroatoms. The Morgan fingerprint density at radius 2 is 1.91 bits per heavy atom. The predicted octanol–water partition coefficient (Wildman–Crippen LogP) is 2.30. The van der Waals surface area contributed by atoms with Crippen LogP contribution in [-0.2, 0) is 0 Å². The Morgan fingerprint density at radius 1 is 1.36 bits per heavy atom. The van der Waals surface area contributed by atoms with E-state index in [9.17, 15) is 0 Å². The number of hydrogen-bond acceptors (Lipinski definition) is 1. The van der Waals surface area contributed by atoms with Gasteiger partial charge in [-0.1, -0.05) is 0 Å². The summed E-state index contributed by atoms with van der Waals surface area (Å²) < 4.78 is 1.20. The lowest BCUT2D eigenvalue weighted by Crippen LogP contribution is -2.03. The highest BCUT2D eigenvalue weighted by Gasteiger charge is 1.88. The Bertz CT molecular complexity index is 260. The van der Waals surface area contributed by atoms with Crippen LogP contribution in [0, 0.1) is 3.57 Å². The molecule has 0 heterocycles. The van der Waals surface area contributed by atoms with Gasteiger partial charge in [0.15, 0.2) is 0 Å². The number of aliphatic imine (C=N–C) groups is 1. The molecule has 0 saturated carbocycles. The van der Waals surface area contributed by atoms with E-state index in [0.29, 0.717) is 5.84 Å². The second kappa shape index (κ2) is 3.71. The van der Waals surface area contributed by atoms with Crippen LogP contribution in [-0.4, -0.2) is 5.84 Å². The third-order valence-electron chi connectivity index (χ3n) is 1.13. The van der Waals surface area contributed by atoms with Crippen molar-refractivity contribution in [3.05, 3.63) is 27.8 Å². The van der Waals surface area contributed by atoms with Crippen molar-refractivity contribution in [3.63, 3.8) is 0 Å². The number of benzene rings is 1. The van der Waals surface area contributed by atoms with Crippen LogP contribution in [0.5, 0.6) is 0 Å². The molecule has 2 nitrogen and oxygen atoms in total. The fourth-order valence-corrected chi connectivity index (χ4v) is 1.08. The molecule has 11 heavy (non-hydrogen) atoms. The first-order valence-corrected chi connectivity index (χ1v) is 4.32. The van der Waals surface area contributed by atoms with Crippen LogP contribution in [0.25, 0.3) is 0 Å². The van der Waals surface area contributed by atoms with Gasteiger partial charge in [0.05, 0.1) is 11.5 Å². The zero-order valence-corrected chi connectivity index (χ0v) is 8.37. The third kappa shape index (κ3) is 2.88. The lowest BCUT2D eigenvalue weighted by Gasteiger charge is -1.93. The van der Waals surface area contributed by atoms with Crippen molar-refractivity contribution in [1.82, 2.24) is 0 Å². The highest BCUT2D eigenvalue weighted by molar-refractivity contribution is 14.1. The van der Waals surface area contributed by atoms with E-state index >= 15 is 0 Å². The number of nitrogens with two attached hydrogens (primary N) is 1. The molecule has 0 saturated heterocycles. The van der Waals surface area contributed by atoms with Gasteiger partial charge in [0.25, 0.3) is 0 Å². The Hall–Kier alpha value is -0.580. The zero-order valence-electron chi connectivity index (χ0n) is 6.21. The Labute approximate surface area is 79.7 Å². The summed E-state index contributed by atoms with van der Waals surface area (Å²) in [7, 11) is 0. The maximum atomic E-state index is 5.41. The molecule has 1 aromatic carbocycles. The summed E-state index contributed by atoms with van der Waals surface area (Å²) in [6.45, 7) is 1.78. The van der Waals surface area contributed by atoms with Gasteiger partial charge in [-0.25, -0.2) is 4.99 Å². The summed E-state index contributed by atoms with van der Waals surface area (Å²) in [5.41, 5.74) is 6.32. The van der Waals surface area contributed by atoms with E-state index in [-0.39, 0.29) is 0 Å². The van der Waals surface area contributed by atoms with E-state index in [4.69, 9.17) is 5.73 Å². The van der Waals surface area contributed by atoms with Crippen molar-refractivity contribution in [2.75, 3.05) is 0 Å². The van der Waals surface area contributed by atoms with Gasteiger partial charge >= 0.3 is 0 Å². The molecule has 0 spiro atoms. The number of nitrogens with zero attached hydrogens (tertiary/aromatic N) is 1. The Balaban J connectivity index is 2.91. The van der Waals surface area contributed by atoms with Gasteiger partial charge in [-0.15, -0.1) is 0 Å². The molecule has 0 bridgehead atoms. The smallest absolute Gasteiger partial charge is 0.0964 e. The summed E-state index contributed by atoms with van der Waals surface area (Å²) in [4.78, 5) is 4.09. The second-order valence-electron chi connectivity index (χ2n) is 2.23. The standard InChI is InChI=1S/C8H9IN2/c1-6(10)11-8-4-2-7(9)3-5-8/h2-5H,1H3,(H2,10,11). The van der Waals surface area contributed by atoms with Crippen molar-refractivity contribution in [1.29, 1.82) is 0 Å². The Morgan fingerprint density at radius 3 is 2.36 bits per heavy atom. The van der Waals surface area contributed by atoms with E-state index in [0.717, 1.165) is 5.69 Å². The summed E-state index contributed by atoms with van der Waals surface area (Å²) in [5, 5.41) is 0. The highest BCUT2D eigenvalue weighted by Crippen LogP contribution is 2.13. The van der Waals surface area contributed by atoms with Gasteiger partial charge in [0.2, 0.25) is 0 Å². The van der Waals surface area contributed by atoms with Crippen molar-refractivity contribution in [2.45, 2.75) is 6.92 Å². The SMILES string of the molecule is CC(N)=Nc1ccc(I)cc1. The van der Waals surface area contributed by atoms with Gasteiger partial charge in [-0.2, -0.15) is 0 Å². The largest absolute Gasteiger partial charge is 0.387 e. The third-order valence-corrected chi connectivity index (χ3v) is 1.85. The predicted molar refractivity (Wildman–Crippen MR) is 56.1 cm³/mol. The van der Waals surface area contributed by atoms with Crippen LogP contribution in [0.4, 0.5) is 5.69 Å². The maximum absolute atomic E-state index is 5.41. The van der Waals surface area contributed by atoms with Gasteiger partial charge in [-0.05, 0) is 53.8 Å². The van der Waals surface area contributed by atoms with E-state index in [2.05, 4.69) is 27.6 Å². The van der Waals surface area contributed by atoms with Crippen LogP contribution in [0.15, 0.2) is 29.3 Å². The van der Waals surface area contributed by atoms with E-state index in [1.807, 2.05) is 24.3 Å². The minimum absolute atomic E-state index is 0.589. The average molecular weight is 260 g/mol. The summed E-state index contributed by atoms with van der Waals surface area (Å²) in [6, 6.07) is 7.89. The number of amidine groups is 1. The lowest BCUT2D eigenvalue weighted by molar-refractivity contribution is 1.44. The molecular weight excluding hydrogens is 251 g/mol. The molecule has 0 atom stereocenters. The average Bonchev–Trinajstić information content (AvgIpc) is 1.93. The Kier molecular flexibility index (Phi) is 2.87. The molecule has 2 N–H and O–H groups in total. The first-order chi connectivity index (χ1) is 5.18. The molecule has 1 rings (SSSR count). The number of hydrogen-bond donors (Lipinski definition) is 1. The topological polar surface area (TPSA) is 38.4 Å². The van der Waals surface area contributed by atoms with Crippen molar-refractivity contribution < 1.29 is 0 Å². The van der Waals surface area contributed by atoms with Crippen LogP contribution in [0.3, 0.4) is 0 Å². The summed E-state index contributed by atoms with van der Waals surface area (Å²) >= 11 is 2.25. The van der Waals surface area contributed by atoms with Crippen molar-refractivity contribution >= 4 is 34.1 Å². The normalized spacial score (nSPS) is 11.6. The van der Waals surface area contributed by atoms with Crippen LogP contribution in [0.2, 0.25) is 0 Å². The molecule has 0 aromatic heterocycles. The molecule has 0 amide bonds. The lowest BCUT2D eigenvalue weighted by atomic mass is 10.3. The molecule has 0 aliphatic carbocycles. The minimum Gasteiger partial charge on any atom is -0.387 e. The fraction of sp³-hybridized carbons (Fsp3) is 0.125. The molecule has 1 aromatic rings. The van der Waals surface area contributed by atoms with Gasteiger partial charge < -0.3 is 5.73 Å². The molecule has 0 radical (unpaired) electrons. The second-order valence-corrected chi connectivity index (χ2v) is 3.48. The minimum atomic E-state index is 0.589. The highest BCUT2D eigenvalue weighted by atomic mass is 127. The summed E-state index contributed by atoms with van der Waals surface area (Å²) in [6.07, 6.45) is 0. The van der Waals surface area contributed by atoms with Gasteiger partial charge in [0, 0.05) is 3.57 Å². The molecule has 0 aliphatic rings. The number of halogens is 1. The summed E-state index contributed by atoms with van der Waals surface area (Å²) in [5.74, 6) is 0.589. The fourth-order valence-electron chi connectivity index (χ4n) is 0.719. The van der Waals surface area contributed by atoms with E-state index in [1.54, 1.807) is 6.92 Å². The quantitative estimate of drug-likeness (QED) is 0.469. The molecule has 58 valence electrons. The molecule has 0 unspecified atom stereocenters. The van der Waals surface area contributed by atoms with Gasteiger partial charge in [-0.3, -0.25) is 0 Å². The van der Waals surface area contributed by atoms with E-state index < -0.39 is 0 Å². The van der Waals surface area contributed by atoms with Crippen LogP contribution in [0.1, 0.15) is 6.92 Å².